The van der Waals surface area contributed by atoms with Crippen molar-refractivity contribution >= 4 is 28.8 Å². The van der Waals surface area contributed by atoms with Crippen molar-refractivity contribution in [2.45, 2.75) is 13.3 Å². The van der Waals surface area contributed by atoms with E-state index in [1.165, 1.54) is 0 Å². The minimum Gasteiger partial charge on any atom is -0.314 e. The minimum absolute atomic E-state index is 0.714. The number of nitrogens with zero attached hydrogens (tertiary/aromatic N) is 3. The second-order valence-electron chi connectivity index (χ2n) is 4.98. The van der Waals surface area contributed by atoms with Crippen LogP contribution in [0.5, 0.6) is 0 Å². The molecule has 5 heteroatoms. The Bertz CT molecular complexity index is 561. The maximum absolute atomic E-state index is 6.34. The average Bonchev–Trinajstić information content (AvgIpc) is 2.47. The van der Waals surface area contributed by atoms with E-state index in [1.807, 2.05) is 18.2 Å². The van der Waals surface area contributed by atoms with Gasteiger partial charge in [0.05, 0.1) is 16.4 Å². The van der Waals surface area contributed by atoms with Gasteiger partial charge in [0.2, 0.25) is 0 Å². The second kappa shape index (κ2) is 5.56. The van der Waals surface area contributed by atoms with Gasteiger partial charge in [-0.25, -0.2) is 10.0 Å². The van der Waals surface area contributed by atoms with Gasteiger partial charge in [-0.2, -0.15) is 0 Å². The molecule has 2 aliphatic heterocycles. The number of hydrazine groups is 1. The van der Waals surface area contributed by atoms with Crippen molar-refractivity contribution in [1.82, 2.24) is 15.3 Å². The fourth-order valence-corrected chi connectivity index (χ4v) is 3.03. The number of hydrogen-bond acceptors (Lipinski definition) is 4. The van der Waals surface area contributed by atoms with E-state index in [9.17, 15) is 0 Å². The van der Waals surface area contributed by atoms with Crippen molar-refractivity contribution in [3.63, 3.8) is 0 Å². The van der Waals surface area contributed by atoms with Crippen molar-refractivity contribution in [2.75, 3.05) is 26.2 Å². The van der Waals surface area contributed by atoms with Crippen molar-refractivity contribution in [3.05, 3.63) is 35.4 Å². The third-order valence-corrected chi connectivity index (χ3v) is 4.04. The molecule has 2 aliphatic rings. The zero-order valence-corrected chi connectivity index (χ0v) is 12.5. The van der Waals surface area contributed by atoms with Crippen LogP contribution in [0.1, 0.15) is 18.9 Å². The summed E-state index contributed by atoms with van der Waals surface area (Å²) in [5.41, 5.74) is 2.80. The number of piperazine rings is 1. The number of nitrogens with one attached hydrogen (secondary N) is 1. The van der Waals surface area contributed by atoms with Crippen LogP contribution < -0.4 is 5.32 Å². The molecule has 4 nitrogen and oxygen atoms in total. The molecule has 1 aromatic rings. The Morgan fingerprint density at radius 2 is 2.10 bits per heavy atom. The van der Waals surface area contributed by atoms with Crippen molar-refractivity contribution in [2.24, 2.45) is 4.99 Å². The maximum Gasteiger partial charge on any atom is 0.124 e. The number of amidine groups is 1. The standard InChI is InChI=1S/C15H19ClN4/c1-3-14-18-13-6-4-5-12(16)15(13)11(2)20(14)19-9-7-17-8-10-19/h4-6,17H,2-3,7-10H2,1H3. The summed E-state index contributed by atoms with van der Waals surface area (Å²) in [4.78, 5) is 4.77. The van der Waals surface area contributed by atoms with Gasteiger partial charge in [0.15, 0.2) is 0 Å². The van der Waals surface area contributed by atoms with Crippen LogP contribution in [-0.2, 0) is 0 Å². The molecule has 2 heterocycles. The highest BCUT2D eigenvalue weighted by molar-refractivity contribution is 6.33. The molecule has 0 radical (unpaired) electrons. The first kappa shape index (κ1) is 13.6. The topological polar surface area (TPSA) is 30.9 Å². The second-order valence-corrected chi connectivity index (χ2v) is 5.38. The van der Waals surface area contributed by atoms with Crippen LogP contribution in [0.15, 0.2) is 29.8 Å². The summed E-state index contributed by atoms with van der Waals surface area (Å²) in [6, 6.07) is 5.83. The number of fused-ring (bicyclic) bond motifs is 1. The number of hydrogen-bond donors (Lipinski definition) is 1. The van der Waals surface area contributed by atoms with Gasteiger partial charge in [-0.15, -0.1) is 0 Å². The lowest BCUT2D eigenvalue weighted by molar-refractivity contribution is 0.0822. The lowest BCUT2D eigenvalue weighted by Gasteiger charge is -2.42. The number of aliphatic imine (C=N–C) groups is 1. The van der Waals surface area contributed by atoms with Crippen LogP contribution in [-0.4, -0.2) is 42.0 Å². The van der Waals surface area contributed by atoms with Gasteiger partial charge >= 0.3 is 0 Å². The van der Waals surface area contributed by atoms with Gasteiger partial charge in [-0.1, -0.05) is 31.2 Å². The van der Waals surface area contributed by atoms with Crippen LogP contribution >= 0.6 is 11.6 Å². The highest BCUT2D eigenvalue weighted by Crippen LogP contribution is 2.39. The van der Waals surface area contributed by atoms with Crippen LogP contribution in [0.4, 0.5) is 5.69 Å². The summed E-state index contributed by atoms with van der Waals surface area (Å²) in [5, 5.41) is 8.53. The lowest BCUT2D eigenvalue weighted by atomic mass is 10.1. The molecular weight excluding hydrogens is 272 g/mol. The normalized spacial score (nSPS) is 19.8. The fourth-order valence-electron chi connectivity index (χ4n) is 2.76. The van der Waals surface area contributed by atoms with Crippen LogP contribution in [0.3, 0.4) is 0 Å². The van der Waals surface area contributed by atoms with E-state index < -0.39 is 0 Å². The van der Waals surface area contributed by atoms with Crippen LogP contribution in [0, 0.1) is 0 Å². The van der Waals surface area contributed by atoms with E-state index in [2.05, 4.69) is 28.8 Å². The van der Waals surface area contributed by atoms with Crippen molar-refractivity contribution in [3.8, 4) is 0 Å². The first-order chi connectivity index (χ1) is 9.72. The van der Waals surface area contributed by atoms with E-state index in [1.54, 1.807) is 0 Å². The third-order valence-electron chi connectivity index (χ3n) is 3.72. The molecule has 0 aromatic heterocycles. The number of halogens is 1. The molecule has 0 atom stereocenters. The highest BCUT2D eigenvalue weighted by Gasteiger charge is 2.29. The molecule has 0 amide bonds. The molecule has 3 rings (SSSR count). The quantitative estimate of drug-likeness (QED) is 0.909. The van der Waals surface area contributed by atoms with Crippen molar-refractivity contribution in [1.29, 1.82) is 0 Å². The first-order valence-corrected chi connectivity index (χ1v) is 7.41. The zero-order chi connectivity index (χ0) is 14.1. The number of benzene rings is 1. The molecule has 0 spiro atoms. The Kier molecular flexibility index (Phi) is 3.78. The molecule has 20 heavy (non-hydrogen) atoms. The average molecular weight is 291 g/mol. The van der Waals surface area contributed by atoms with Gasteiger partial charge in [-0.05, 0) is 12.1 Å². The molecular formula is C15H19ClN4. The SMILES string of the molecule is C=C1c2c(Cl)cccc2N=C(CC)N1N1CCNCC1. The summed E-state index contributed by atoms with van der Waals surface area (Å²) >= 11 is 6.34. The molecule has 0 saturated carbocycles. The molecule has 1 N–H and O–H groups in total. The molecule has 1 aromatic carbocycles. The van der Waals surface area contributed by atoms with Crippen LogP contribution in [0.2, 0.25) is 5.02 Å². The molecule has 106 valence electrons. The van der Waals surface area contributed by atoms with E-state index in [-0.39, 0.29) is 0 Å². The monoisotopic (exact) mass is 290 g/mol. The minimum atomic E-state index is 0.714. The Hall–Kier alpha value is -1.36. The summed E-state index contributed by atoms with van der Waals surface area (Å²) in [7, 11) is 0. The van der Waals surface area contributed by atoms with Crippen molar-refractivity contribution < 1.29 is 0 Å². The van der Waals surface area contributed by atoms with E-state index in [0.717, 1.165) is 55.4 Å². The smallest absolute Gasteiger partial charge is 0.124 e. The summed E-state index contributed by atoms with van der Waals surface area (Å²) in [6.45, 7) is 10.3. The summed E-state index contributed by atoms with van der Waals surface area (Å²) in [5.74, 6) is 1.03. The highest BCUT2D eigenvalue weighted by atomic mass is 35.5. The lowest BCUT2D eigenvalue weighted by Crippen LogP contribution is -2.54. The van der Waals surface area contributed by atoms with Gasteiger partial charge in [0, 0.05) is 38.2 Å². The molecule has 0 aliphatic carbocycles. The molecule has 0 unspecified atom stereocenters. The van der Waals surface area contributed by atoms with Crippen LogP contribution in [0.25, 0.3) is 5.70 Å². The number of rotatable bonds is 2. The maximum atomic E-state index is 6.34. The van der Waals surface area contributed by atoms with E-state index in [0.29, 0.717) is 5.02 Å². The fraction of sp³-hybridized carbons (Fsp3) is 0.400. The van der Waals surface area contributed by atoms with Gasteiger partial charge in [0.1, 0.15) is 5.84 Å². The molecule has 1 saturated heterocycles. The molecule has 0 bridgehead atoms. The predicted molar refractivity (Wildman–Crippen MR) is 84.2 cm³/mol. The third kappa shape index (κ3) is 2.24. The largest absolute Gasteiger partial charge is 0.314 e. The Morgan fingerprint density at radius 1 is 1.35 bits per heavy atom. The Morgan fingerprint density at radius 3 is 2.80 bits per heavy atom. The van der Waals surface area contributed by atoms with Gasteiger partial charge < -0.3 is 5.32 Å². The summed E-state index contributed by atoms with van der Waals surface area (Å²) in [6.07, 6.45) is 0.870. The first-order valence-electron chi connectivity index (χ1n) is 7.03. The zero-order valence-electron chi connectivity index (χ0n) is 11.7. The predicted octanol–water partition coefficient (Wildman–Crippen LogP) is 2.89. The van der Waals surface area contributed by atoms with Gasteiger partial charge in [-0.3, -0.25) is 5.01 Å². The Labute approximate surface area is 124 Å². The van der Waals surface area contributed by atoms with E-state index in [4.69, 9.17) is 16.6 Å². The van der Waals surface area contributed by atoms with E-state index >= 15 is 0 Å². The summed E-state index contributed by atoms with van der Waals surface area (Å²) < 4.78 is 0. The molecule has 1 fully saturated rings. The Balaban J connectivity index is 2.03. The van der Waals surface area contributed by atoms with Gasteiger partial charge in [0.25, 0.3) is 0 Å².